The molecular weight excluding hydrogens is 268 g/mol. The van der Waals surface area contributed by atoms with Crippen molar-refractivity contribution in [1.29, 1.82) is 0 Å². The summed E-state index contributed by atoms with van der Waals surface area (Å²) in [6.45, 7) is 0. The first kappa shape index (κ1) is 13.1. The molecule has 0 fully saturated rings. The number of carbonyl (C=O) groups is 2. The summed E-state index contributed by atoms with van der Waals surface area (Å²) in [6.07, 6.45) is 2.65. The summed E-state index contributed by atoms with van der Waals surface area (Å²) < 4.78 is 1.69. The second kappa shape index (κ2) is 5.24. The van der Waals surface area contributed by atoms with Crippen LogP contribution in [0.3, 0.4) is 0 Å². The SMILES string of the molecule is Cn1c(C(=O)CC(=O)c2ncccn2)nc2ccccc21. The molecule has 0 spiro atoms. The average molecular weight is 280 g/mol. The molecule has 0 saturated heterocycles. The van der Waals surface area contributed by atoms with Crippen LogP contribution in [0.25, 0.3) is 11.0 Å². The van der Waals surface area contributed by atoms with Crippen molar-refractivity contribution in [3.8, 4) is 0 Å². The molecule has 0 bridgehead atoms. The Hall–Kier alpha value is -2.89. The summed E-state index contributed by atoms with van der Waals surface area (Å²) in [6, 6.07) is 9.05. The summed E-state index contributed by atoms with van der Waals surface area (Å²) in [5, 5.41) is 0. The van der Waals surface area contributed by atoms with Crippen molar-refractivity contribution in [3.05, 3.63) is 54.4 Å². The predicted octanol–water partition coefficient (Wildman–Crippen LogP) is 1.82. The lowest BCUT2D eigenvalue weighted by Crippen LogP contribution is -2.14. The molecular formula is C15H12N4O2. The van der Waals surface area contributed by atoms with Crippen molar-refractivity contribution in [3.63, 3.8) is 0 Å². The number of ketones is 2. The van der Waals surface area contributed by atoms with E-state index < -0.39 is 5.78 Å². The van der Waals surface area contributed by atoms with Gasteiger partial charge in [-0.3, -0.25) is 9.59 Å². The van der Waals surface area contributed by atoms with Crippen LogP contribution in [0.15, 0.2) is 42.7 Å². The van der Waals surface area contributed by atoms with Gasteiger partial charge in [-0.15, -0.1) is 0 Å². The Balaban J connectivity index is 1.88. The molecule has 0 aliphatic carbocycles. The fourth-order valence-corrected chi connectivity index (χ4v) is 2.14. The van der Waals surface area contributed by atoms with Gasteiger partial charge < -0.3 is 4.57 Å². The third-order valence-electron chi connectivity index (χ3n) is 3.17. The number of hydrogen-bond donors (Lipinski definition) is 0. The second-order valence-corrected chi connectivity index (χ2v) is 4.58. The van der Waals surface area contributed by atoms with Crippen LogP contribution in [0.2, 0.25) is 0 Å². The molecule has 2 aromatic heterocycles. The number of benzene rings is 1. The zero-order valence-electron chi connectivity index (χ0n) is 11.4. The minimum atomic E-state index is -0.410. The van der Waals surface area contributed by atoms with Gasteiger partial charge in [0.25, 0.3) is 0 Å². The predicted molar refractivity (Wildman–Crippen MR) is 76.0 cm³/mol. The van der Waals surface area contributed by atoms with E-state index in [-0.39, 0.29) is 23.9 Å². The Morgan fingerprint density at radius 1 is 1.05 bits per heavy atom. The van der Waals surface area contributed by atoms with E-state index in [4.69, 9.17) is 0 Å². The van der Waals surface area contributed by atoms with Crippen LogP contribution in [0.1, 0.15) is 27.7 Å². The summed E-state index contributed by atoms with van der Waals surface area (Å²) in [5.74, 6) is -0.441. The molecule has 104 valence electrons. The highest BCUT2D eigenvalue weighted by atomic mass is 16.2. The van der Waals surface area contributed by atoms with Crippen LogP contribution in [0, 0.1) is 0 Å². The molecule has 0 aliphatic rings. The van der Waals surface area contributed by atoms with E-state index in [1.54, 1.807) is 17.7 Å². The minimum Gasteiger partial charge on any atom is -0.325 e. The topological polar surface area (TPSA) is 77.7 Å². The number of fused-ring (bicyclic) bond motifs is 1. The van der Waals surface area contributed by atoms with Gasteiger partial charge in [-0.25, -0.2) is 15.0 Å². The van der Waals surface area contributed by atoms with E-state index in [1.807, 2.05) is 24.3 Å². The molecule has 0 amide bonds. The monoisotopic (exact) mass is 280 g/mol. The molecule has 2 heterocycles. The van der Waals surface area contributed by atoms with Crippen LogP contribution in [0.5, 0.6) is 0 Å². The average Bonchev–Trinajstić information content (AvgIpc) is 2.86. The summed E-state index contributed by atoms with van der Waals surface area (Å²) in [7, 11) is 1.76. The van der Waals surface area contributed by atoms with Gasteiger partial charge in [0.05, 0.1) is 17.5 Å². The van der Waals surface area contributed by atoms with Gasteiger partial charge in [0.15, 0.2) is 11.6 Å². The van der Waals surface area contributed by atoms with Gasteiger partial charge in [0.1, 0.15) is 0 Å². The molecule has 0 N–H and O–H groups in total. The molecule has 6 heteroatoms. The number of nitrogens with zero attached hydrogens (tertiary/aromatic N) is 4. The van der Waals surface area contributed by atoms with E-state index in [0.717, 1.165) is 11.0 Å². The van der Waals surface area contributed by atoms with Gasteiger partial charge >= 0.3 is 0 Å². The maximum atomic E-state index is 12.3. The maximum Gasteiger partial charge on any atom is 0.207 e. The van der Waals surface area contributed by atoms with Crippen molar-refractivity contribution >= 4 is 22.6 Å². The highest BCUT2D eigenvalue weighted by molar-refractivity contribution is 6.11. The van der Waals surface area contributed by atoms with Gasteiger partial charge in [-0.2, -0.15) is 0 Å². The quantitative estimate of drug-likeness (QED) is 0.538. The number of rotatable bonds is 4. The fraction of sp³-hybridized carbons (Fsp3) is 0.133. The van der Waals surface area contributed by atoms with Crippen LogP contribution in [-0.2, 0) is 7.05 Å². The lowest BCUT2D eigenvalue weighted by atomic mass is 10.2. The van der Waals surface area contributed by atoms with Crippen molar-refractivity contribution in [1.82, 2.24) is 19.5 Å². The molecule has 3 aromatic rings. The van der Waals surface area contributed by atoms with Crippen LogP contribution >= 0.6 is 0 Å². The third kappa shape index (κ3) is 2.43. The van der Waals surface area contributed by atoms with Gasteiger partial charge in [-0.1, -0.05) is 12.1 Å². The Labute approximate surface area is 120 Å². The first-order valence-electron chi connectivity index (χ1n) is 6.41. The van der Waals surface area contributed by atoms with E-state index in [2.05, 4.69) is 15.0 Å². The van der Waals surface area contributed by atoms with Crippen molar-refractivity contribution in [2.45, 2.75) is 6.42 Å². The Kier molecular flexibility index (Phi) is 3.27. The molecule has 21 heavy (non-hydrogen) atoms. The van der Waals surface area contributed by atoms with Gasteiger partial charge in [0, 0.05) is 19.4 Å². The molecule has 6 nitrogen and oxygen atoms in total. The van der Waals surface area contributed by atoms with Gasteiger partial charge in [0.2, 0.25) is 11.6 Å². The number of aromatic nitrogens is 4. The van der Waals surface area contributed by atoms with Gasteiger partial charge in [-0.05, 0) is 18.2 Å². The molecule has 0 atom stereocenters. The Morgan fingerprint density at radius 2 is 1.76 bits per heavy atom. The number of Topliss-reactive ketones (excluding diaryl/α,β-unsaturated/α-hetero) is 2. The minimum absolute atomic E-state index is 0.0459. The number of carbonyl (C=O) groups excluding carboxylic acids is 2. The number of para-hydroxylation sites is 2. The lowest BCUT2D eigenvalue weighted by Gasteiger charge is -2.01. The summed E-state index contributed by atoms with van der Waals surface area (Å²) >= 11 is 0. The zero-order valence-corrected chi connectivity index (χ0v) is 11.4. The van der Waals surface area contributed by atoms with Crippen molar-refractivity contribution in [2.75, 3.05) is 0 Å². The molecule has 0 saturated carbocycles. The highest BCUT2D eigenvalue weighted by Crippen LogP contribution is 2.15. The smallest absolute Gasteiger partial charge is 0.207 e. The lowest BCUT2D eigenvalue weighted by molar-refractivity contribution is 0.0881. The van der Waals surface area contributed by atoms with E-state index >= 15 is 0 Å². The Bertz CT molecular complexity index is 824. The van der Waals surface area contributed by atoms with Crippen molar-refractivity contribution < 1.29 is 9.59 Å². The first-order chi connectivity index (χ1) is 10.2. The molecule has 0 radical (unpaired) electrons. The van der Waals surface area contributed by atoms with E-state index in [9.17, 15) is 9.59 Å². The Morgan fingerprint density at radius 3 is 2.48 bits per heavy atom. The van der Waals surface area contributed by atoms with Crippen LogP contribution in [0.4, 0.5) is 0 Å². The fourth-order valence-electron chi connectivity index (χ4n) is 2.14. The maximum absolute atomic E-state index is 12.3. The standard InChI is InChI=1S/C15H12N4O2/c1-19-11-6-3-2-5-10(11)18-15(19)13(21)9-12(20)14-16-7-4-8-17-14/h2-8H,9H2,1H3. The number of hydrogen-bond acceptors (Lipinski definition) is 5. The third-order valence-corrected chi connectivity index (χ3v) is 3.17. The largest absolute Gasteiger partial charge is 0.325 e. The molecule has 0 aliphatic heterocycles. The zero-order chi connectivity index (χ0) is 14.8. The second-order valence-electron chi connectivity index (χ2n) is 4.58. The first-order valence-corrected chi connectivity index (χ1v) is 6.41. The molecule has 1 aromatic carbocycles. The van der Waals surface area contributed by atoms with E-state index in [0.29, 0.717) is 0 Å². The molecule has 0 unspecified atom stereocenters. The van der Waals surface area contributed by atoms with Crippen LogP contribution in [-0.4, -0.2) is 31.1 Å². The van der Waals surface area contributed by atoms with Crippen molar-refractivity contribution in [2.24, 2.45) is 7.05 Å². The van der Waals surface area contributed by atoms with Crippen LogP contribution < -0.4 is 0 Å². The van der Waals surface area contributed by atoms with E-state index in [1.165, 1.54) is 12.4 Å². The highest BCUT2D eigenvalue weighted by Gasteiger charge is 2.20. The number of aryl methyl sites for hydroxylation is 1. The molecule has 3 rings (SSSR count). The summed E-state index contributed by atoms with van der Waals surface area (Å²) in [4.78, 5) is 36.2. The number of imidazole rings is 1. The normalized spacial score (nSPS) is 10.7. The summed E-state index contributed by atoms with van der Waals surface area (Å²) in [5.41, 5.74) is 1.58.